The lowest BCUT2D eigenvalue weighted by molar-refractivity contribution is -0.385. The smallest absolute Gasteiger partial charge is 0.273 e. The minimum absolute atomic E-state index is 0.0412. The van der Waals surface area contributed by atoms with Gasteiger partial charge in [0.15, 0.2) is 0 Å². The zero-order chi connectivity index (χ0) is 17.8. The summed E-state index contributed by atoms with van der Waals surface area (Å²) in [5.41, 5.74) is 1.34. The van der Waals surface area contributed by atoms with Gasteiger partial charge in [0.1, 0.15) is 5.75 Å². The van der Waals surface area contributed by atoms with E-state index in [1.54, 1.807) is 29.3 Å². The lowest BCUT2D eigenvalue weighted by Gasteiger charge is -2.26. The molecule has 0 N–H and O–H groups in total. The van der Waals surface area contributed by atoms with Gasteiger partial charge >= 0.3 is 0 Å². The molecule has 6 nitrogen and oxygen atoms in total. The summed E-state index contributed by atoms with van der Waals surface area (Å²) in [6.45, 7) is 2.49. The van der Waals surface area contributed by atoms with Gasteiger partial charge in [0.25, 0.3) is 5.69 Å². The van der Waals surface area contributed by atoms with Crippen molar-refractivity contribution in [3.63, 3.8) is 0 Å². The highest BCUT2D eigenvalue weighted by Crippen LogP contribution is 2.34. The minimum atomic E-state index is -0.410. The first-order chi connectivity index (χ1) is 12.1. The average molecular weight is 338 g/mol. The number of allylic oxidation sites excluding steroid dienone is 1. The third kappa shape index (κ3) is 3.52. The second kappa shape index (κ2) is 7.17. The average Bonchev–Trinajstić information content (AvgIpc) is 2.63. The van der Waals surface area contributed by atoms with E-state index in [0.717, 1.165) is 11.4 Å². The van der Waals surface area contributed by atoms with Gasteiger partial charge in [0.2, 0.25) is 5.91 Å². The van der Waals surface area contributed by atoms with E-state index in [2.05, 4.69) is 0 Å². The summed E-state index contributed by atoms with van der Waals surface area (Å²) in [5.74, 6) is 0.348. The standard InChI is InChI=1S/C19H18N2O4/c1-2-25-16-9-7-15(8-10-16)20-12-11-14(13-19(20)22)17-5-3-4-6-18(17)21(23)24/h3-12,14H,2,13H2,1H3. The van der Waals surface area contributed by atoms with Crippen LogP contribution in [0.2, 0.25) is 0 Å². The molecule has 1 atom stereocenters. The van der Waals surface area contributed by atoms with Crippen LogP contribution in [0.5, 0.6) is 5.75 Å². The first-order valence-corrected chi connectivity index (χ1v) is 8.06. The van der Waals surface area contributed by atoms with Gasteiger partial charge in [-0.3, -0.25) is 19.8 Å². The summed E-state index contributed by atoms with van der Waals surface area (Å²) in [6, 6.07) is 13.8. The van der Waals surface area contributed by atoms with Gasteiger partial charge in [-0.05, 0) is 31.2 Å². The van der Waals surface area contributed by atoms with Crippen LogP contribution in [-0.4, -0.2) is 17.4 Å². The maximum atomic E-state index is 12.5. The first-order valence-electron chi connectivity index (χ1n) is 8.06. The fourth-order valence-corrected chi connectivity index (χ4v) is 2.91. The van der Waals surface area contributed by atoms with Gasteiger partial charge in [-0.15, -0.1) is 0 Å². The molecule has 1 aliphatic heterocycles. The Kier molecular flexibility index (Phi) is 4.79. The quantitative estimate of drug-likeness (QED) is 0.609. The summed E-state index contributed by atoms with van der Waals surface area (Å²) in [4.78, 5) is 24.9. The van der Waals surface area contributed by atoms with Crippen LogP contribution in [0.4, 0.5) is 11.4 Å². The number of anilines is 1. The van der Waals surface area contributed by atoms with Crippen LogP contribution in [-0.2, 0) is 4.79 Å². The lowest BCUT2D eigenvalue weighted by atomic mass is 9.91. The van der Waals surface area contributed by atoms with Crippen molar-refractivity contribution in [3.05, 3.63) is 76.5 Å². The van der Waals surface area contributed by atoms with E-state index in [0.29, 0.717) is 12.2 Å². The van der Waals surface area contributed by atoms with Gasteiger partial charge in [-0.1, -0.05) is 24.3 Å². The maximum Gasteiger partial charge on any atom is 0.273 e. The highest BCUT2D eigenvalue weighted by Gasteiger charge is 2.27. The van der Waals surface area contributed by atoms with Crippen molar-refractivity contribution in [2.24, 2.45) is 0 Å². The van der Waals surface area contributed by atoms with Crippen molar-refractivity contribution >= 4 is 17.3 Å². The second-order valence-electron chi connectivity index (χ2n) is 5.66. The summed E-state index contributed by atoms with van der Waals surface area (Å²) in [6.07, 6.45) is 3.71. The number of hydrogen-bond donors (Lipinski definition) is 0. The molecule has 1 aliphatic rings. The zero-order valence-electron chi connectivity index (χ0n) is 13.8. The van der Waals surface area contributed by atoms with Crippen LogP contribution in [0, 0.1) is 10.1 Å². The Bertz CT molecular complexity index is 814. The first kappa shape index (κ1) is 16.7. The largest absolute Gasteiger partial charge is 0.494 e. The number of nitro benzene ring substituents is 1. The highest BCUT2D eigenvalue weighted by molar-refractivity contribution is 5.97. The van der Waals surface area contributed by atoms with Crippen molar-refractivity contribution in [1.29, 1.82) is 0 Å². The molecule has 128 valence electrons. The van der Waals surface area contributed by atoms with E-state index in [4.69, 9.17) is 4.74 Å². The molecular formula is C19H18N2O4. The molecule has 1 heterocycles. The number of carbonyl (C=O) groups excluding carboxylic acids is 1. The molecule has 0 aliphatic carbocycles. The number of benzene rings is 2. The van der Waals surface area contributed by atoms with Crippen molar-refractivity contribution < 1.29 is 14.5 Å². The van der Waals surface area contributed by atoms with E-state index in [-0.39, 0.29) is 23.9 Å². The molecule has 2 aromatic carbocycles. The molecule has 2 aromatic rings. The molecule has 0 saturated carbocycles. The molecule has 0 bridgehead atoms. The molecule has 6 heteroatoms. The molecular weight excluding hydrogens is 320 g/mol. The number of carbonyl (C=O) groups is 1. The Labute approximate surface area is 145 Å². The number of nitro groups is 1. The van der Waals surface area contributed by atoms with Crippen LogP contribution >= 0.6 is 0 Å². The number of nitrogens with zero attached hydrogens (tertiary/aromatic N) is 2. The van der Waals surface area contributed by atoms with Gasteiger partial charge < -0.3 is 4.74 Å². The molecule has 25 heavy (non-hydrogen) atoms. The minimum Gasteiger partial charge on any atom is -0.494 e. The second-order valence-corrected chi connectivity index (χ2v) is 5.66. The van der Waals surface area contributed by atoms with Crippen LogP contribution < -0.4 is 9.64 Å². The van der Waals surface area contributed by atoms with Crippen molar-refractivity contribution in [2.75, 3.05) is 11.5 Å². The molecule has 1 amide bonds. The highest BCUT2D eigenvalue weighted by atomic mass is 16.6. The van der Waals surface area contributed by atoms with Crippen LogP contribution in [0.25, 0.3) is 0 Å². The zero-order valence-corrected chi connectivity index (χ0v) is 13.8. The predicted octanol–water partition coefficient (Wildman–Crippen LogP) is 4.03. The summed E-state index contributed by atoms with van der Waals surface area (Å²) in [7, 11) is 0. The maximum absolute atomic E-state index is 12.5. The number of ether oxygens (including phenoxy) is 1. The van der Waals surface area contributed by atoms with E-state index in [9.17, 15) is 14.9 Å². The Hall–Kier alpha value is -3.15. The number of rotatable bonds is 5. The number of amides is 1. The van der Waals surface area contributed by atoms with Gasteiger partial charge in [0, 0.05) is 35.9 Å². The summed E-state index contributed by atoms with van der Waals surface area (Å²) in [5, 5.41) is 11.2. The topological polar surface area (TPSA) is 72.7 Å². The monoisotopic (exact) mass is 338 g/mol. The third-order valence-electron chi connectivity index (χ3n) is 4.09. The molecule has 3 rings (SSSR count). The molecule has 1 unspecified atom stereocenters. The SMILES string of the molecule is CCOc1ccc(N2C=CC(c3ccccc3[N+](=O)[O-])CC2=O)cc1. The predicted molar refractivity (Wildman–Crippen MR) is 94.7 cm³/mol. The Morgan fingerprint density at radius 1 is 1.20 bits per heavy atom. The molecule has 0 radical (unpaired) electrons. The van der Waals surface area contributed by atoms with E-state index in [1.807, 2.05) is 37.3 Å². The van der Waals surface area contributed by atoms with Crippen LogP contribution in [0.1, 0.15) is 24.8 Å². The van der Waals surface area contributed by atoms with E-state index >= 15 is 0 Å². The number of hydrogen-bond acceptors (Lipinski definition) is 4. The van der Waals surface area contributed by atoms with Crippen LogP contribution in [0.15, 0.2) is 60.8 Å². The number of para-hydroxylation sites is 1. The third-order valence-corrected chi connectivity index (χ3v) is 4.09. The van der Waals surface area contributed by atoms with Crippen molar-refractivity contribution in [2.45, 2.75) is 19.3 Å². The summed E-state index contributed by atoms with van der Waals surface area (Å²) < 4.78 is 5.40. The molecule has 0 fully saturated rings. The van der Waals surface area contributed by atoms with Gasteiger partial charge in [-0.2, -0.15) is 0 Å². The fraction of sp³-hybridized carbons (Fsp3) is 0.211. The van der Waals surface area contributed by atoms with E-state index in [1.165, 1.54) is 6.07 Å². The summed E-state index contributed by atoms with van der Waals surface area (Å²) >= 11 is 0. The Balaban J connectivity index is 1.83. The van der Waals surface area contributed by atoms with Crippen molar-refractivity contribution in [3.8, 4) is 5.75 Å². The normalized spacial score (nSPS) is 16.8. The molecule has 0 aromatic heterocycles. The van der Waals surface area contributed by atoms with E-state index < -0.39 is 4.92 Å². The van der Waals surface area contributed by atoms with Crippen LogP contribution in [0.3, 0.4) is 0 Å². The van der Waals surface area contributed by atoms with Gasteiger partial charge in [0.05, 0.1) is 11.5 Å². The Morgan fingerprint density at radius 2 is 1.92 bits per heavy atom. The fourth-order valence-electron chi connectivity index (χ4n) is 2.91. The molecule has 0 saturated heterocycles. The Morgan fingerprint density at radius 3 is 2.56 bits per heavy atom. The van der Waals surface area contributed by atoms with Gasteiger partial charge in [-0.25, -0.2) is 0 Å². The van der Waals surface area contributed by atoms with Crippen molar-refractivity contribution in [1.82, 2.24) is 0 Å². The molecule has 0 spiro atoms. The lowest BCUT2D eigenvalue weighted by Crippen LogP contribution is -2.30.